The molecule has 0 spiro atoms. The van der Waals surface area contributed by atoms with Gasteiger partial charge in [-0.05, 0) is 35.7 Å². The number of thiophene rings is 1. The summed E-state index contributed by atoms with van der Waals surface area (Å²) in [5.41, 5.74) is 1.31. The van der Waals surface area contributed by atoms with Crippen LogP contribution >= 0.6 is 11.3 Å². The second-order valence-corrected chi connectivity index (χ2v) is 4.09. The van der Waals surface area contributed by atoms with Gasteiger partial charge in [-0.15, -0.1) is 0 Å². The number of rotatable bonds is 3. The van der Waals surface area contributed by atoms with Crippen LogP contribution in [0.2, 0.25) is 0 Å². The van der Waals surface area contributed by atoms with E-state index in [1.165, 1.54) is 5.56 Å². The minimum Gasteiger partial charge on any atom is -0.343 e. The molecule has 0 radical (unpaired) electrons. The lowest BCUT2D eigenvalue weighted by molar-refractivity contribution is -0.129. The van der Waals surface area contributed by atoms with Crippen molar-refractivity contribution >= 4 is 17.2 Å². The molecular formula is C10H15NOS. The molecule has 0 saturated heterocycles. The largest absolute Gasteiger partial charge is 0.343 e. The summed E-state index contributed by atoms with van der Waals surface area (Å²) in [6.07, 6.45) is 0.944. The Kier molecular flexibility index (Phi) is 3.48. The van der Waals surface area contributed by atoms with Crippen molar-refractivity contribution in [3.05, 3.63) is 22.4 Å². The number of hydrogen-bond acceptors (Lipinski definition) is 2. The predicted octanol–water partition coefficient (Wildman–Crippen LogP) is 2.16. The molecule has 0 N–H and O–H groups in total. The van der Waals surface area contributed by atoms with Crippen LogP contribution < -0.4 is 0 Å². The molecule has 2 nitrogen and oxygen atoms in total. The monoisotopic (exact) mass is 197 g/mol. The van der Waals surface area contributed by atoms with Crippen molar-refractivity contribution < 1.29 is 4.79 Å². The Balaban J connectivity index is 2.50. The zero-order valence-electron chi connectivity index (χ0n) is 8.28. The molecule has 0 fully saturated rings. The molecule has 0 bridgehead atoms. The lowest BCUT2D eigenvalue weighted by Gasteiger charge is -2.23. The number of likely N-dealkylation sites (N-methyl/N-ethyl adjacent to an activating group) is 1. The maximum atomic E-state index is 11.0. The third-order valence-electron chi connectivity index (χ3n) is 2.27. The number of amides is 1. The minimum absolute atomic E-state index is 0.128. The van der Waals surface area contributed by atoms with Gasteiger partial charge in [-0.2, -0.15) is 11.3 Å². The molecule has 1 unspecified atom stereocenters. The van der Waals surface area contributed by atoms with Crippen LogP contribution in [0.25, 0.3) is 0 Å². The van der Waals surface area contributed by atoms with E-state index in [4.69, 9.17) is 0 Å². The molecule has 1 atom stereocenters. The second kappa shape index (κ2) is 4.42. The topological polar surface area (TPSA) is 20.3 Å². The van der Waals surface area contributed by atoms with E-state index in [0.717, 1.165) is 6.42 Å². The summed E-state index contributed by atoms with van der Waals surface area (Å²) < 4.78 is 0. The standard InChI is InChI=1S/C10H15NOS/c1-8(11(3)9(2)12)6-10-4-5-13-7-10/h4-5,7-8H,6H2,1-3H3. The number of carbonyl (C=O) groups excluding carboxylic acids is 1. The Bertz CT molecular complexity index is 268. The smallest absolute Gasteiger partial charge is 0.219 e. The molecular weight excluding hydrogens is 182 g/mol. The van der Waals surface area contributed by atoms with Gasteiger partial charge in [-0.3, -0.25) is 4.79 Å². The van der Waals surface area contributed by atoms with E-state index in [9.17, 15) is 4.79 Å². The fraction of sp³-hybridized carbons (Fsp3) is 0.500. The van der Waals surface area contributed by atoms with Crippen molar-refractivity contribution in [1.29, 1.82) is 0 Å². The molecule has 0 aliphatic heterocycles. The van der Waals surface area contributed by atoms with E-state index < -0.39 is 0 Å². The van der Waals surface area contributed by atoms with Gasteiger partial charge in [0, 0.05) is 20.0 Å². The number of hydrogen-bond donors (Lipinski definition) is 0. The van der Waals surface area contributed by atoms with Crippen LogP contribution in [0.4, 0.5) is 0 Å². The van der Waals surface area contributed by atoms with E-state index in [1.54, 1.807) is 23.2 Å². The Morgan fingerprint density at radius 1 is 1.69 bits per heavy atom. The highest BCUT2D eigenvalue weighted by molar-refractivity contribution is 7.07. The Morgan fingerprint density at radius 3 is 2.85 bits per heavy atom. The van der Waals surface area contributed by atoms with E-state index in [2.05, 4.69) is 23.8 Å². The lowest BCUT2D eigenvalue weighted by Crippen LogP contribution is -2.34. The van der Waals surface area contributed by atoms with Gasteiger partial charge in [0.05, 0.1) is 0 Å². The van der Waals surface area contributed by atoms with Gasteiger partial charge in [0.15, 0.2) is 0 Å². The Morgan fingerprint density at radius 2 is 2.38 bits per heavy atom. The average Bonchev–Trinajstić information content (AvgIpc) is 2.55. The lowest BCUT2D eigenvalue weighted by atomic mass is 10.1. The molecule has 13 heavy (non-hydrogen) atoms. The second-order valence-electron chi connectivity index (χ2n) is 3.31. The van der Waals surface area contributed by atoms with E-state index in [1.807, 2.05) is 7.05 Å². The van der Waals surface area contributed by atoms with Crippen molar-refractivity contribution in [2.75, 3.05) is 7.05 Å². The number of carbonyl (C=O) groups is 1. The van der Waals surface area contributed by atoms with Crippen molar-refractivity contribution in [3.63, 3.8) is 0 Å². The van der Waals surface area contributed by atoms with E-state index in [-0.39, 0.29) is 11.9 Å². The zero-order chi connectivity index (χ0) is 9.84. The van der Waals surface area contributed by atoms with E-state index >= 15 is 0 Å². The highest BCUT2D eigenvalue weighted by Gasteiger charge is 2.11. The Labute approximate surface area is 83.2 Å². The summed E-state index contributed by atoms with van der Waals surface area (Å²) in [6, 6.07) is 2.39. The zero-order valence-corrected chi connectivity index (χ0v) is 9.10. The first-order valence-electron chi connectivity index (χ1n) is 4.35. The molecule has 1 heterocycles. The number of nitrogens with zero attached hydrogens (tertiary/aromatic N) is 1. The van der Waals surface area contributed by atoms with Crippen LogP contribution in [0.15, 0.2) is 16.8 Å². The van der Waals surface area contributed by atoms with Crippen molar-refractivity contribution in [2.24, 2.45) is 0 Å². The first kappa shape index (κ1) is 10.3. The molecule has 0 aliphatic carbocycles. The quantitative estimate of drug-likeness (QED) is 0.727. The van der Waals surface area contributed by atoms with Gasteiger partial charge in [0.25, 0.3) is 0 Å². The third-order valence-corrected chi connectivity index (χ3v) is 3.00. The summed E-state index contributed by atoms with van der Waals surface area (Å²) in [7, 11) is 1.85. The molecule has 1 rings (SSSR count). The summed E-state index contributed by atoms with van der Waals surface area (Å²) in [6.45, 7) is 3.67. The average molecular weight is 197 g/mol. The van der Waals surface area contributed by atoms with Crippen molar-refractivity contribution in [1.82, 2.24) is 4.90 Å². The fourth-order valence-electron chi connectivity index (χ4n) is 1.20. The summed E-state index contributed by atoms with van der Waals surface area (Å²) in [5.74, 6) is 0.128. The van der Waals surface area contributed by atoms with Gasteiger partial charge in [0.2, 0.25) is 5.91 Å². The van der Waals surface area contributed by atoms with Gasteiger partial charge in [-0.1, -0.05) is 0 Å². The molecule has 1 aromatic rings. The normalized spacial score (nSPS) is 12.5. The van der Waals surface area contributed by atoms with Crippen LogP contribution in [0, 0.1) is 0 Å². The van der Waals surface area contributed by atoms with E-state index in [0.29, 0.717) is 0 Å². The first-order valence-corrected chi connectivity index (χ1v) is 5.30. The maximum absolute atomic E-state index is 11.0. The fourth-order valence-corrected chi connectivity index (χ4v) is 1.88. The van der Waals surface area contributed by atoms with Crippen LogP contribution in [0.3, 0.4) is 0 Å². The highest BCUT2D eigenvalue weighted by atomic mass is 32.1. The maximum Gasteiger partial charge on any atom is 0.219 e. The van der Waals surface area contributed by atoms with Crippen molar-refractivity contribution in [3.8, 4) is 0 Å². The molecule has 0 aliphatic rings. The van der Waals surface area contributed by atoms with Gasteiger partial charge >= 0.3 is 0 Å². The Hall–Kier alpha value is -0.830. The van der Waals surface area contributed by atoms with Gasteiger partial charge in [-0.25, -0.2) is 0 Å². The predicted molar refractivity (Wildman–Crippen MR) is 55.9 cm³/mol. The minimum atomic E-state index is 0.128. The van der Waals surface area contributed by atoms with Crippen molar-refractivity contribution in [2.45, 2.75) is 26.3 Å². The van der Waals surface area contributed by atoms with Crippen LogP contribution in [-0.2, 0) is 11.2 Å². The molecule has 1 aromatic heterocycles. The summed E-state index contributed by atoms with van der Waals surface area (Å²) >= 11 is 1.70. The molecule has 0 aromatic carbocycles. The molecule has 0 saturated carbocycles. The van der Waals surface area contributed by atoms with Crippen LogP contribution in [-0.4, -0.2) is 23.9 Å². The van der Waals surface area contributed by atoms with Crippen LogP contribution in [0.5, 0.6) is 0 Å². The third kappa shape index (κ3) is 2.84. The highest BCUT2D eigenvalue weighted by Crippen LogP contribution is 2.11. The summed E-state index contributed by atoms with van der Waals surface area (Å²) in [4.78, 5) is 12.8. The van der Waals surface area contributed by atoms with Crippen LogP contribution in [0.1, 0.15) is 19.4 Å². The molecule has 1 amide bonds. The SMILES string of the molecule is CC(=O)N(C)C(C)Cc1ccsc1. The van der Waals surface area contributed by atoms with Gasteiger partial charge < -0.3 is 4.90 Å². The molecule has 3 heteroatoms. The van der Waals surface area contributed by atoms with Gasteiger partial charge in [0.1, 0.15) is 0 Å². The first-order chi connectivity index (χ1) is 6.11. The molecule has 72 valence electrons. The summed E-state index contributed by atoms with van der Waals surface area (Å²) in [5, 5.41) is 4.19.